The molecule has 86 valence electrons. The molecule has 1 aliphatic carbocycles. The van der Waals surface area contributed by atoms with Crippen molar-refractivity contribution in [1.29, 1.82) is 0 Å². The number of rotatable bonds is 2. The summed E-state index contributed by atoms with van der Waals surface area (Å²) in [6.07, 6.45) is 3.99. The molecule has 2 fully saturated rings. The third kappa shape index (κ3) is 1.57. The first-order valence-electron chi connectivity index (χ1n) is 5.94. The summed E-state index contributed by atoms with van der Waals surface area (Å²) in [5.41, 5.74) is 1.86. The van der Waals surface area contributed by atoms with Crippen LogP contribution in [0, 0.1) is 5.41 Å². The molecular formula is C14H17ClO. The van der Waals surface area contributed by atoms with Gasteiger partial charge in [0, 0.05) is 11.4 Å². The summed E-state index contributed by atoms with van der Waals surface area (Å²) in [5.74, 6) is 0. The first-order valence-corrected chi connectivity index (χ1v) is 6.32. The van der Waals surface area contributed by atoms with Crippen LogP contribution >= 0.6 is 11.6 Å². The standard InChI is InChI=1S/C14H17ClO/c1-13(2)7-8-14(12(13)16-14)9-10-3-5-11(15)6-4-10/h3-6,12H,7-9H2,1-2H3. The molecule has 0 radical (unpaired) electrons. The molecule has 0 spiro atoms. The molecule has 0 bridgehead atoms. The van der Waals surface area contributed by atoms with Crippen molar-refractivity contribution in [3.8, 4) is 0 Å². The lowest BCUT2D eigenvalue weighted by Gasteiger charge is -2.16. The Morgan fingerprint density at radius 2 is 1.94 bits per heavy atom. The molecule has 1 aliphatic heterocycles. The largest absolute Gasteiger partial charge is 0.365 e. The Bertz CT molecular complexity index is 409. The van der Waals surface area contributed by atoms with Gasteiger partial charge in [-0.1, -0.05) is 37.6 Å². The van der Waals surface area contributed by atoms with Gasteiger partial charge < -0.3 is 4.74 Å². The highest BCUT2D eigenvalue weighted by Gasteiger charge is 2.66. The van der Waals surface area contributed by atoms with Crippen LogP contribution in [0.5, 0.6) is 0 Å². The molecule has 1 heterocycles. The Kier molecular flexibility index (Phi) is 2.15. The van der Waals surface area contributed by atoms with E-state index in [4.69, 9.17) is 16.3 Å². The summed E-state index contributed by atoms with van der Waals surface area (Å²) in [6, 6.07) is 8.15. The molecule has 16 heavy (non-hydrogen) atoms. The third-order valence-electron chi connectivity index (χ3n) is 4.09. The van der Waals surface area contributed by atoms with Crippen LogP contribution in [0.2, 0.25) is 5.02 Å². The normalized spacial score (nSPS) is 34.8. The number of hydrogen-bond donors (Lipinski definition) is 0. The van der Waals surface area contributed by atoms with Crippen LogP contribution in [0.4, 0.5) is 0 Å². The van der Waals surface area contributed by atoms with Gasteiger partial charge in [-0.05, 0) is 36.0 Å². The van der Waals surface area contributed by atoms with Crippen LogP contribution in [0.15, 0.2) is 24.3 Å². The van der Waals surface area contributed by atoms with Gasteiger partial charge in [-0.3, -0.25) is 0 Å². The van der Waals surface area contributed by atoms with Gasteiger partial charge in [-0.2, -0.15) is 0 Å². The lowest BCUT2D eigenvalue weighted by atomic mass is 9.89. The molecule has 1 nitrogen and oxygen atoms in total. The van der Waals surface area contributed by atoms with E-state index in [2.05, 4.69) is 26.0 Å². The van der Waals surface area contributed by atoms with E-state index >= 15 is 0 Å². The highest BCUT2D eigenvalue weighted by molar-refractivity contribution is 6.30. The van der Waals surface area contributed by atoms with Gasteiger partial charge in [0.05, 0.1) is 11.7 Å². The van der Waals surface area contributed by atoms with Crippen molar-refractivity contribution < 1.29 is 4.74 Å². The van der Waals surface area contributed by atoms with Crippen molar-refractivity contribution in [2.75, 3.05) is 0 Å². The van der Waals surface area contributed by atoms with E-state index in [-0.39, 0.29) is 5.60 Å². The van der Waals surface area contributed by atoms with Gasteiger partial charge in [-0.25, -0.2) is 0 Å². The summed E-state index contributed by atoms with van der Waals surface area (Å²) in [7, 11) is 0. The van der Waals surface area contributed by atoms with Gasteiger partial charge in [-0.15, -0.1) is 0 Å². The maximum atomic E-state index is 5.96. The molecule has 1 saturated carbocycles. The SMILES string of the molecule is CC1(C)CCC2(Cc3ccc(Cl)cc3)OC12. The average Bonchev–Trinajstić information content (AvgIpc) is 2.90. The van der Waals surface area contributed by atoms with Crippen LogP contribution < -0.4 is 0 Å². The third-order valence-corrected chi connectivity index (χ3v) is 4.34. The van der Waals surface area contributed by atoms with E-state index in [9.17, 15) is 0 Å². The van der Waals surface area contributed by atoms with Crippen molar-refractivity contribution in [3.63, 3.8) is 0 Å². The Morgan fingerprint density at radius 3 is 2.44 bits per heavy atom. The first kappa shape index (κ1) is 10.6. The molecule has 2 atom stereocenters. The fourth-order valence-electron chi connectivity index (χ4n) is 3.10. The van der Waals surface area contributed by atoms with Gasteiger partial charge >= 0.3 is 0 Å². The summed E-state index contributed by atoms with van der Waals surface area (Å²) < 4.78 is 5.96. The molecule has 0 amide bonds. The van der Waals surface area contributed by atoms with Crippen LogP contribution in [0.25, 0.3) is 0 Å². The smallest absolute Gasteiger partial charge is 0.0994 e. The van der Waals surface area contributed by atoms with Crippen molar-refractivity contribution in [2.45, 2.75) is 44.8 Å². The van der Waals surface area contributed by atoms with Crippen molar-refractivity contribution in [3.05, 3.63) is 34.9 Å². The summed E-state index contributed by atoms with van der Waals surface area (Å²) in [5, 5.41) is 0.807. The number of hydrogen-bond acceptors (Lipinski definition) is 1. The number of epoxide rings is 1. The Morgan fingerprint density at radius 1 is 1.25 bits per heavy atom. The predicted octanol–water partition coefficient (Wildman–Crippen LogP) is 3.84. The maximum Gasteiger partial charge on any atom is 0.0994 e. The zero-order valence-corrected chi connectivity index (χ0v) is 10.6. The van der Waals surface area contributed by atoms with Gasteiger partial charge in [0.25, 0.3) is 0 Å². The molecular weight excluding hydrogens is 220 g/mol. The minimum absolute atomic E-state index is 0.150. The maximum absolute atomic E-state index is 5.96. The molecule has 1 aromatic rings. The molecule has 2 unspecified atom stereocenters. The lowest BCUT2D eigenvalue weighted by Crippen LogP contribution is -2.18. The fourth-order valence-corrected chi connectivity index (χ4v) is 3.22. The Balaban J connectivity index is 1.76. The zero-order valence-electron chi connectivity index (χ0n) is 9.79. The Hall–Kier alpha value is -0.530. The number of halogens is 1. The molecule has 1 saturated heterocycles. The second kappa shape index (κ2) is 3.24. The second-order valence-electron chi connectivity index (χ2n) is 5.85. The van der Waals surface area contributed by atoms with E-state index in [1.54, 1.807) is 0 Å². The minimum atomic E-state index is 0.150. The van der Waals surface area contributed by atoms with Crippen molar-refractivity contribution >= 4 is 11.6 Å². The van der Waals surface area contributed by atoms with E-state index in [0.717, 1.165) is 11.4 Å². The van der Waals surface area contributed by atoms with Gasteiger partial charge in [0.15, 0.2) is 0 Å². The Labute approximate surface area is 102 Å². The number of benzene rings is 1. The quantitative estimate of drug-likeness (QED) is 0.711. The topological polar surface area (TPSA) is 12.5 Å². The average molecular weight is 237 g/mol. The molecule has 2 heteroatoms. The van der Waals surface area contributed by atoms with Crippen LogP contribution in [0.3, 0.4) is 0 Å². The van der Waals surface area contributed by atoms with Crippen molar-refractivity contribution in [1.82, 2.24) is 0 Å². The lowest BCUT2D eigenvalue weighted by molar-refractivity contribution is 0.172. The van der Waals surface area contributed by atoms with Crippen molar-refractivity contribution in [2.24, 2.45) is 5.41 Å². The van der Waals surface area contributed by atoms with Crippen LogP contribution in [-0.4, -0.2) is 11.7 Å². The predicted molar refractivity (Wildman–Crippen MR) is 65.8 cm³/mol. The number of ether oxygens (including phenoxy) is 1. The minimum Gasteiger partial charge on any atom is -0.365 e. The first-order chi connectivity index (χ1) is 7.52. The summed E-state index contributed by atoms with van der Waals surface area (Å²) >= 11 is 5.89. The highest BCUT2D eigenvalue weighted by atomic mass is 35.5. The van der Waals surface area contributed by atoms with Crippen LogP contribution in [-0.2, 0) is 11.2 Å². The summed E-state index contributed by atoms with van der Waals surface area (Å²) in [6.45, 7) is 4.63. The monoisotopic (exact) mass is 236 g/mol. The molecule has 2 aliphatic rings. The second-order valence-corrected chi connectivity index (χ2v) is 6.29. The molecule has 0 aromatic heterocycles. The van der Waals surface area contributed by atoms with E-state index in [1.807, 2.05) is 12.1 Å². The van der Waals surface area contributed by atoms with E-state index < -0.39 is 0 Å². The highest BCUT2D eigenvalue weighted by Crippen LogP contribution is 2.60. The van der Waals surface area contributed by atoms with Crippen LogP contribution in [0.1, 0.15) is 32.3 Å². The van der Waals surface area contributed by atoms with Gasteiger partial charge in [0.1, 0.15) is 0 Å². The summed E-state index contributed by atoms with van der Waals surface area (Å²) in [4.78, 5) is 0. The fraction of sp³-hybridized carbons (Fsp3) is 0.571. The molecule has 0 N–H and O–H groups in total. The number of fused-ring (bicyclic) bond motifs is 1. The van der Waals surface area contributed by atoms with Gasteiger partial charge in [0.2, 0.25) is 0 Å². The van der Waals surface area contributed by atoms with E-state index in [1.165, 1.54) is 18.4 Å². The molecule has 3 rings (SSSR count). The molecule has 1 aromatic carbocycles. The zero-order chi connectivity index (χ0) is 11.4. The van der Waals surface area contributed by atoms with E-state index in [0.29, 0.717) is 11.5 Å².